The van der Waals surface area contributed by atoms with Gasteiger partial charge < -0.3 is 0 Å². The average Bonchev–Trinajstić information content (AvgIpc) is 2.34. The Morgan fingerprint density at radius 1 is 0.889 bits per heavy atom. The van der Waals surface area contributed by atoms with Crippen LogP contribution in [0.5, 0.6) is 0 Å². The molecule has 2 radical (unpaired) electrons. The van der Waals surface area contributed by atoms with Crippen LogP contribution < -0.4 is 0 Å². The van der Waals surface area contributed by atoms with Crippen LogP contribution in [0.25, 0.3) is 0 Å². The molecule has 0 heteroatoms. The van der Waals surface area contributed by atoms with Gasteiger partial charge in [0, 0.05) is 10.8 Å². The van der Waals surface area contributed by atoms with Gasteiger partial charge in [0.2, 0.25) is 0 Å². The van der Waals surface area contributed by atoms with Crippen molar-refractivity contribution in [3.8, 4) is 0 Å². The number of hydrogen-bond acceptors (Lipinski definition) is 0. The molecule has 0 heterocycles. The fourth-order valence-corrected chi connectivity index (χ4v) is 3.20. The van der Waals surface area contributed by atoms with Gasteiger partial charge in [0.15, 0.2) is 0 Å². The third-order valence-electron chi connectivity index (χ3n) is 4.53. The molecule has 0 nitrogen and oxygen atoms in total. The molecule has 2 aliphatic carbocycles. The summed E-state index contributed by atoms with van der Waals surface area (Å²) in [5.41, 5.74) is 6.42. The summed E-state index contributed by atoms with van der Waals surface area (Å²) >= 11 is 0. The largest absolute Gasteiger partial charge is 0.0776 e. The fourth-order valence-electron chi connectivity index (χ4n) is 3.20. The minimum absolute atomic E-state index is 0.164. The van der Waals surface area contributed by atoms with Crippen LogP contribution in [0.1, 0.15) is 56.4 Å². The van der Waals surface area contributed by atoms with Crippen molar-refractivity contribution < 1.29 is 0 Å². The first-order chi connectivity index (χ1) is 8.40. The zero-order valence-electron chi connectivity index (χ0n) is 11.9. The Kier molecular flexibility index (Phi) is 2.49. The molecule has 18 heavy (non-hydrogen) atoms. The monoisotopic (exact) mass is 238 g/mol. The maximum absolute atomic E-state index is 3.48. The van der Waals surface area contributed by atoms with Gasteiger partial charge in [-0.05, 0) is 47.9 Å². The first-order valence-corrected chi connectivity index (χ1v) is 6.98. The molecule has 0 fully saturated rings. The van der Waals surface area contributed by atoms with Gasteiger partial charge in [-0.1, -0.05) is 52.0 Å². The number of hydrogen-bond donors (Lipinski definition) is 0. The lowest BCUT2D eigenvalue weighted by Gasteiger charge is -2.38. The van der Waals surface area contributed by atoms with Gasteiger partial charge in [0.05, 0.1) is 0 Å². The highest BCUT2D eigenvalue weighted by atomic mass is 14.4. The van der Waals surface area contributed by atoms with E-state index in [0.717, 1.165) is 12.8 Å². The zero-order valence-corrected chi connectivity index (χ0v) is 11.9. The second kappa shape index (κ2) is 3.73. The van der Waals surface area contributed by atoms with Gasteiger partial charge in [-0.15, -0.1) is 0 Å². The molecule has 0 saturated heterocycles. The second-order valence-corrected chi connectivity index (χ2v) is 6.87. The van der Waals surface area contributed by atoms with E-state index in [2.05, 4.69) is 58.4 Å². The quantitative estimate of drug-likeness (QED) is 0.588. The van der Waals surface area contributed by atoms with Crippen molar-refractivity contribution in [2.45, 2.75) is 57.8 Å². The van der Waals surface area contributed by atoms with Crippen LogP contribution in [0, 0.1) is 6.42 Å². The summed E-state index contributed by atoms with van der Waals surface area (Å²) in [5.74, 6) is 0. The molecule has 0 spiro atoms. The summed E-state index contributed by atoms with van der Waals surface area (Å²) in [4.78, 5) is 0. The maximum atomic E-state index is 3.48. The fraction of sp³-hybridized carbons (Fsp3) is 0.500. The topological polar surface area (TPSA) is 0 Å². The summed E-state index contributed by atoms with van der Waals surface area (Å²) < 4.78 is 0. The molecule has 94 valence electrons. The molecule has 0 unspecified atom stereocenters. The number of allylic oxidation sites excluding steroid dienone is 2. The van der Waals surface area contributed by atoms with E-state index in [9.17, 15) is 0 Å². The molecule has 0 N–H and O–H groups in total. The molecular formula is C18H22. The lowest BCUT2D eigenvalue weighted by molar-refractivity contribution is 0.560. The Morgan fingerprint density at radius 3 is 2.06 bits per heavy atom. The Labute approximate surface area is 111 Å². The lowest BCUT2D eigenvalue weighted by Crippen LogP contribution is -2.30. The van der Waals surface area contributed by atoms with Crippen molar-refractivity contribution in [3.63, 3.8) is 0 Å². The standard InChI is InChI=1S/C18H22/c1-17(2)9-10-18(3,4)16-12-14-8-6-5-7-13(14)11-15(16)17/h9-12H,5,7-8H2,1-4H3. The van der Waals surface area contributed by atoms with E-state index in [1.807, 2.05) is 0 Å². The van der Waals surface area contributed by atoms with Crippen LogP contribution in [0.2, 0.25) is 0 Å². The van der Waals surface area contributed by atoms with Crippen LogP contribution in [0.3, 0.4) is 0 Å². The highest BCUT2D eigenvalue weighted by molar-refractivity contribution is 5.52. The minimum atomic E-state index is 0.164. The highest BCUT2D eigenvalue weighted by Crippen LogP contribution is 2.43. The van der Waals surface area contributed by atoms with E-state index < -0.39 is 0 Å². The van der Waals surface area contributed by atoms with E-state index >= 15 is 0 Å². The molecule has 0 atom stereocenters. The van der Waals surface area contributed by atoms with Gasteiger partial charge in [0.1, 0.15) is 0 Å². The van der Waals surface area contributed by atoms with E-state index in [4.69, 9.17) is 0 Å². The van der Waals surface area contributed by atoms with Crippen molar-refractivity contribution in [1.82, 2.24) is 0 Å². The van der Waals surface area contributed by atoms with Crippen LogP contribution in [0.15, 0.2) is 24.3 Å². The third-order valence-corrected chi connectivity index (χ3v) is 4.53. The maximum Gasteiger partial charge on any atom is 0.00787 e. The Balaban J connectivity index is 2.23. The Morgan fingerprint density at radius 2 is 1.44 bits per heavy atom. The summed E-state index contributed by atoms with van der Waals surface area (Å²) in [6.07, 6.45) is 11.5. The van der Waals surface area contributed by atoms with Crippen molar-refractivity contribution in [1.29, 1.82) is 0 Å². The molecule has 0 aromatic heterocycles. The van der Waals surface area contributed by atoms with Crippen molar-refractivity contribution in [2.24, 2.45) is 0 Å². The zero-order chi connectivity index (χ0) is 13.0. The molecule has 2 aliphatic rings. The summed E-state index contributed by atoms with van der Waals surface area (Å²) in [7, 11) is 0. The molecule has 1 aromatic carbocycles. The van der Waals surface area contributed by atoms with Gasteiger partial charge >= 0.3 is 0 Å². The van der Waals surface area contributed by atoms with Crippen molar-refractivity contribution in [2.75, 3.05) is 0 Å². The summed E-state index contributed by atoms with van der Waals surface area (Å²) in [5, 5.41) is 0. The molecule has 0 amide bonds. The van der Waals surface area contributed by atoms with Gasteiger partial charge in [-0.25, -0.2) is 0 Å². The van der Waals surface area contributed by atoms with E-state index in [-0.39, 0.29) is 10.8 Å². The number of fused-ring (bicyclic) bond motifs is 2. The smallest absolute Gasteiger partial charge is 0.00787 e. The van der Waals surface area contributed by atoms with Crippen LogP contribution >= 0.6 is 0 Å². The van der Waals surface area contributed by atoms with E-state index in [1.165, 1.54) is 23.1 Å². The van der Waals surface area contributed by atoms with Crippen LogP contribution in [-0.2, 0) is 23.7 Å². The van der Waals surface area contributed by atoms with Gasteiger partial charge in [0.25, 0.3) is 0 Å². The summed E-state index contributed by atoms with van der Waals surface area (Å²) in [6, 6.07) is 4.92. The van der Waals surface area contributed by atoms with Gasteiger partial charge in [-0.3, -0.25) is 0 Å². The highest BCUT2D eigenvalue weighted by Gasteiger charge is 2.33. The second-order valence-electron chi connectivity index (χ2n) is 6.87. The normalized spacial score (nSPS) is 23.3. The molecule has 0 saturated carbocycles. The Bertz CT molecular complexity index is 468. The minimum Gasteiger partial charge on any atom is -0.0776 e. The van der Waals surface area contributed by atoms with E-state index in [1.54, 1.807) is 5.56 Å². The first kappa shape index (κ1) is 12.0. The third kappa shape index (κ3) is 1.74. The molecule has 1 aromatic rings. The average molecular weight is 238 g/mol. The van der Waals surface area contributed by atoms with Crippen LogP contribution in [0.4, 0.5) is 0 Å². The molecule has 0 aliphatic heterocycles. The summed E-state index contributed by atoms with van der Waals surface area (Å²) in [6.45, 7) is 9.29. The number of benzene rings is 1. The van der Waals surface area contributed by atoms with Gasteiger partial charge in [-0.2, -0.15) is 0 Å². The lowest BCUT2D eigenvalue weighted by atomic mass is 9.66. The Hall–Kier alpha value is -1.04. The predicted octanol–water partition coefficient (Wildman–Crippen LogP) is 4.38. The molecule has 0 bridgehead atoms. The van der Waals surface area contributed by atoms with Crippen LogP contribution in [-0.4, -0.2) is 0 Å². The number of rotatable bonds is 0. The molecular weight excluding hydrogens is 216 g/mol. The first-order valence-electron chi connectivity index (χ1n) is 6.98. The van der Waals surface area contributed by atoms with Crippen molar-refractivity contribution >= 4 is 0 Å². The molecule has 3 rings (SSSR count). The van der Waals surface area contributed by atoms with E-state index in [0.29, 0.717) is 0 Å². The van der Waals surface area contributed by atoms with Crippen molar-refractivity contribution in [3.05, 3.63) is 53.0 Å². The predicted molar refractivity (Wildman–Crippen MR) is 76.9 cm³/mol. The SMILES string of the molecule is CC1(C)C=CC(C)(C)c2cc3c(cc21)C[C]CC3. The number of aryl methyl sites for hydroxylation is 1.